The van der Waals surface area contributed by atoms with Crippen molar-refractivity contribution in [2.45, 2.75) is 38.6 Å². The van der Waals surface area contributed by atoms with E-state index in [9.17, 15) is 9.59 Å². The number of carbonyl (C=O) groups is 2. The second-order valence-electron chi connectivity index (χ2n) is 10.3. The van der Waals surface area contributed by atoms with E-state index >= 15 is 0 Å². The molecule has 0 spiro atoms. The number of halogens is 1. The van der Waals surface area contributed by atoms with E-state index in [1.807, 2.05) is 49.1 Å². The van der Waals surface area contributed by atoms with Crippen LogP contribution < -0.4 is 4.90 Å². The molecule has 8 nitrogen and oxygen atoms in total. The smallest absolute Gasteiger partial charge is 0.409 e. The largest absolute Gasteiger partial charge is 0.449 e. The van der Waals surface area contributed by atoms with Crippen molar-refractivity contribution in [1.82, 2.24) is 14.8 Å². The monoisotopic (exact) mass is 523 g/mol. The van der Waals surface area contributed by atoms with Crippen molar-refractivity contribution < 1.29 is 14.3 Å². The molecule has 2 aromatic rings. The number of benzene rings is 1. The average molecular weight is 524 g/mol. The number of rotatable bonds is 6. The number of hydrogen-bond acceptors (Lipinski definition) is 6. The summed E-state index contributed by atoms with van der Waals surface area (Å²) >= 11 is 6.12. The minimum atomic E-state index is -0.366. The van der Waals surface area contributed by atoms with Crippen molar-refractivity contribution >= 4 is 29.4 Å². The van der Waals surface area contributed by atoms with Gasteiger partial charge < -0.3 is 19.4 Å². The Balaban J connectivity index is 1.43. The van der Waals surface area contributed by atoms with Crippen LogP contribution in [0.1, 0.15) is 43.7 Å². The van der Waals surface area contributed by atoms with Crippen LogP contribution in [0.2, 0.25) is 5.02 Å². The van der Waals surface area contributed by atoms with E-state index in [4.69, 9.17) is 21.6 Å². The molecule has 0 N–H and O–H groups in total. The van der Waals surface area contributed by atoms with Crippen LogP contribution in [0.5, 0.6) is 0 Å². The highest BCUT2D eigenvalue weighted by Crippen LogP contribution is 2.34. The molecule has 37 heavy (non-hydrogen) atoms. The van der Waals surface area contributed by atoms with Gasteiger partial charge in [-0.05, 0) is 48.6 Å². The number of likely N-dealkylation sites (tertiary alicyclic amines) is 1. The molecule has 2 aliphatic rings. The molecule has 1 aromatic carbocycles. The molecule has 2 aliphatic heterocycles. The maximum Gasteiger partial charge on any atom is 0.409 e. The first-order valence-electron chi connectivity index (χ1n) is 12.8. The summed E-state index contributed by atoms with van der Waals surface area (Å²) in [6.45, 7) is 6.84. The predicted molar refractivity (Wildman–Crippen MR) is 142 cm³/mol. The van der Waals surface area contributed by atoms with Crippen molar-refractivity contribution in [3.8, 4) is 6.07 Å². The number of hydrogen-bond donors (Lipinski definition) is 0. The van der Waals surface area contributed by atoms with Gasteiger partial charge in [-0.3, -0.25) is 4.79 Å². The van der Waals surface area contributed by atoms with Gasteiger partial charge in [0, 0.05) is 56.3 Å². The van der Waals surface area contributed by atoms with E-state index in [1.54, 1.807) is 24.2 Å². The zero-order chi connectivity index (χ0) is 26.5. The Hall–Kier alpha value is -3.31. The van der Waals surface area contributed by atoms with Gasteiger partial charge in [0.15, 0.2) is 0 Å². The van der Waals surface area contributed by atoms with Gasteiger partial charge in [-0.15, -0.1) is 0 Å². The Kier molecular flexibility index (Phi) is 8.55. The molecule has 2 saturated heterocycles. The van der Waals surface area contributed by atoms with Gasteiger partial charge in [-0.2, -0.15) is 5.26 Å². The highest BCUT2D eigenvalue weighted by Gasteiger charge is 2.42. The number of nitriles is 1. The lowest BCUT2D eigenvalue weighted by Crippen LogP contribution is -2.44. The Morgan fingerprint density at radius 3 is 2.46 bits per heavy atom. The standard InChI is InChI=1S/C28H34ClN5O3/c1-19(2)18-37-28(36)32(3)25-17-34(16-24(25)21-5-7-23(29)8-6-21)27(35)22-10-12-33(13-11-22)26-9-4-20(14-30)15-31-26/h4-9,15,19,22,24-25H,10-13,16-18H2,1-3H3. The van der Waals surface area contributed by atoms with Gasteiger partial charge in [0.2, 0.25) is 5.91 Å². The van der Waals surface area contributed by atoms with E-state index in [0.717, 1.165) is 37.3 Å². The molecule has 0 radical (unpaired) electrons. The number of ether oxygens (including phenoxy) is 1. The summed E-state index contributed by atoms with van der Waals surface area (Å²) in [5.41, 5.74) is 1.58. The Labute approximate surface area is 223 Å². The summed E-state index contributed by atoms with van der Waals surface area (Å²) < 4.78 is 5.49. The Bertz CT molecular complexity index is 1120. The lowest BCUT2D eigenvalue weighted by atomic mass is 9.93. The molecule has 9 heteroatoms. The van der Waals surface area contributed by atoms with Crippen molar-refractivity contribution in [2.75, 3.05) is 44.7 Å². The molecule has 196 valence electrons. The summed E-state index contributed by atoms with van der Waals surface area (Å²) in [6.07, 6.45) is 2.69. The predicted octanol–water partition coefficient (Wildman–Crippen LogP) is 4.54. The fraction of sp³-hybridized carbons (Fsp3) is 0.500. The summed E-state index contributed by atoms with van der Waals surface area (Å²) in [5, 5.41) is 9.65. The topological polar surface area (TPSA) is 89.8 Å². The normalized spacial score (nSPS) is 20.1. The molecule has 0 aliphatic carbocycles. The maximum absolute atomic E-state index is 13.6. The number of carbonyl (C=O) groups excluding carboxylic acids is 2. The van der Waals surface area contributed by atoms with Crippen LogP contribution >= 0.6 is 11.6 Å². The highest BCUT2D eigenvalue weighted by atomic mass is 35.5. The molecule has 2 amide bonds. The first kappa shape index (κ1) is 26.7. The molecule has 2 unspecified atom stereocenters. The first-order valence-corrected chi connectivity index (χ1v) is 13.2. The number of piperidine rings is 1. The number of pyridine rings is 1. The van der Waals surface area contributed by atoms with Crippen LogP contribution in [0.25, 0.3) is 0 Å². The second-order valence-corrected chi connectivity index (χ2v) is 10.8. The Morgan fingerprint density at radius 2 is 1.86 bits per heavy atom. The summed E-state index contributed by atoms with van der Waals surface area (Å²) in [5.74, 6) is 1.11. The minimum Gasteiger partial charge on any atom is -0.449 e. The summed E-state index contributed by atoms with van der Waals surface area (Å²) in [7, 11) is 1.76. The van der Waals surface area contributed by atoms with Gasteiger partial charge in [-0.25, -0.2) is 9.78 Å². The fourth-order valence-electron chi connectivity index (χ4n) is 5.12. The number of anilines is 1. The number of amides is 2. The maximum atomic E-state index is 13.6. The first-order chi connectivity index (χ1) is 17.8. The minimum absolute atomic E-state index is 0.0271. The SMILES string of the molecule is CC(C)COC(=O)N(C)C1CN(C(=O)C2CCN(c3ccc(C#N)cn3)CC2)CC1c1ccc(Cl)cc1. The van der Waals surface area contributed by atoms with Gasteiger partial charge in [0.05, 0.1) is 18.2 Å². The van der Waals surface area contributed by atoms with Crippen LogP contribution in [0.4, 0.5) is 10.6 Å². The molecule has 3 heterocycles. The molecule has 2 fully saturated rings. The van der Waals surface area contributed by atoms with Crippen molar-refractivity contribution in [1.29, 1.82) is 5.26 Å². The molecule has 4 rings (SSSR count). The highest BCUT2D eigenvalue weighted by molar-refractivity contribution is 6.30. The van der Waals surface area contributed by atoms with Crippen LogP contribution in [-0.4, -0.2) is 72.7 Å². The van der Waals surface area contributed by atoms with E-state index in [2.05, 4.69) is 16.0 Å². The molecule has 2 atom stereocenters. The molecule has 1 aromatic heterocycles. The van der Waals surface area contributed by atoms with E-state index in [-0.39, 0.29) is 35.8 Å². The summed E-state index contributed by atoms with van der Waals surface area (Å²) in [6, 6.07) is 13.2. The van der Waals surface area contributed by atoms with Gasteiger partial charge >= 0.3 is 6.09 Å². The zero-order valence-electron chi connectivity index (χ0n) is 21.6. The third-order valence-corrected chi connectivity index (χ3v) is 7.52. The molecular weight excluding hydrogens is 490 g/mol. The Morgan fingerprint density at radius 1 is 1.16 bits per heavy atom. The fourth-order valence-corrected chi connectivity index (χ4v) is 5.25. The number of likely N-dealkylation sites (N-methyl/N-ethyl adjacent to an activating group) is 1. The van der Waals surface area contributed by atoms with Crippen molar-refractivity contribution in [3.63, 3.8) is 0 Å². The van der Waals surface area contributed by atoms with E-state index < -0.39 is 0 Å². The number of nitrogens with zero attached hydrogens (tertiary/aromatic N) is 5. The summed E-state index contributed by atoms with van der Waals surface area (Å²) in [4.78, 5) is 36.5. The molecule has 0 bridgehead atoms. The van der Waals surface area contributed by atoms with E-state index in [1.165, 1.54) is 0 Å². The lowest BCUT2D eigenvalue weighted by molar-refractivity contribution is -0.135. The van der Waals surface area contributed by atoms with Gasteiger partial charge in [0.1, 0.15) is 11.9 Å². The third kappa shape index (κ3) is 6.34. The molecular formula is C28H34ClN5O3. The van der Waals surface area contributed by atoms with Crippen LogP contribution in [-0.2, 0) is 9.53 Å². The van der Waals surface area contributed by atoms with Crippen LogP contribution in [0.3, 0.4) is 0 Å². The third-order valence-electron chi connectivity index (χ3n) is 7.27. The van der Waals surface area contributed by atoms with E-state index in [0.29, 0.717) is 30.3 Å². The second kappa shape index (κ2) is 11.8. The average Bonchev–Trinajstić information content (AvgIpc) is 3.37. The van der Waals surface area contributed by atoms with Gasteiger partial charge in [-0.1, -0.05) is 37.6 Å². The lowest BCUT2D eigenvalue weighted by Gasteiger charge is -2.34. The van der Waals surface area contributed by atoms with Crippen molar-refractivity contribution in [3.05, 3.63) is 58.7 Å². The van der Waals surface area contributed by atoms with Crippen LogP contribution in [0.15, 0.2) is 42.6 Å². The quantitative estimate of drug-likeness (QED) is 0.552. The van der Waals surface area contributed by atoms with Crippen LogP contribution in [0, 0.1) is 23.2 Å². The number of aromatic nitrogens is 1. The molecule has 0 saturated carbocycles. The zero-order valence-corrected chi connectivity index (χ0v) is 22.4. The van der Waals surface area contributed by atoms with Crippen molar-refractivity contribution in [2.24, 2.45) is 11.8 Å². The van der Waals surface area contributed by atoms with Gasteiger partial charge in [0.25, 0.3) is 0 Å².